The number of nitrogens with zero attached hydrogens (tertiary/aromatic N) is 1. The smallest absolute Gasteiger partial charge is 0.241 e. The number of aryl methyl sites for hydroxylation is 1. The van der Waals surface area contributed by atoms with E-state index in [1.165, 1.54) is 5.56 Å². The van der Waals surface area contributed by atoms with Crippen molar-refractivity contribution >= 4 is 15.9 Å². The van der Waals surface area contributed by atoms with Crippen molar-refractivity contribution in [2.75, 3.05) is 6.54 Å². The third-order valence-electron chi connectivity index (χ3n) is 4.99. The van der Waals surface area contributed by atoms with Crippen molar-refractivity contribution in [3.8, 4) is 0 Å². The minimum absolute atomic E-state index is 0.158. The summed E-state index contributed by atoms with van der Waals surface area (Å²) in [4.78, 5) is 15.0. The quantitative estimate of drug-likeness (QED) is 0.859. The summed E-state index contributed by atoms with van der Waals surface area (Å²) in [6.45, 7) is 6.74. The zero-order valence-electron chi connectivity index (χ0n) is 16.0. The molecule has 1 N–H and O–H groups in total. The van der Waals surface area contributed by atoms with Gasteiger partial charge >= 0.3 is 0 Å². The zero-order chi connectivity index (χ0) is 19.6. The van der Waals surface area contributed by atoms with Crippen molar-refractivity contribution in [3.05, 3.63) is 65.2 Å². The number of nitrogens with one attached hydrogen (secondary N) is 1. The number of carbonyl (C=O) groups is 1. The molecule has 1 amide bonds. The molecule has 0 aromatic heterocycles. The average Bonchev–Trinajstić information content (AvgIpc) is 2.65. The van der Waals surface area contributed by atoms with Crippen LogP contribution in [0.2, 0.25) is 0 Å². The van der Waals surface area contributed by atoms with Gasteiger partial charge in [0.15, 0.2) is 0 Å². The lowest BCUT2D eigenvalue weighted by atomic mass is 9.97. The van der Waals surface area contributed by atoms with Crippen LogP contribution in [0.3, 0.4) is 0 Å². The predicted octanol–water partition coefficient (Wildman–Crippen LogP) is 2.88. The van der Waals surface area contributed by atoms with Gasteiger partial charge in [-0.1, -0.05) is 55.8 Å². The Balaban J connectivity index is 1.79. The molecule has 3 rings (SSSR count). The van der Waals surface area contributed by atoms with Gasteiger partial charge in [-0.2, -0.15) is 4.72 Å². The molecule has 0 bridgehead atoms. The topological polar surface area (TPSA) is 66.5 Å². The Morgan fingerprint density at radius 3 is 2.30 bits per heavy atom. The van der Waals surface area contributed by atoms with Crippen LogP contribution in [0.5, 0.6) is 0 Å². The largest absolute Gasteiger partial charge is 0.337 e. The highest BCUT2D eigenvalue weighted by Gasteiger charge is 2.32. The molecule has 1 atom stereocenters. The van der Waals surface area contributed by atoms with Gasteiger partial charge in [0.25, 0.3) is 0 Å². The van der Waals surface area contributed by atoms with E-state index in [0.29, 0.717) is 13.1 Å². The lowest BCUT2D eigenvalue weighted by Crippen LogP contribution is -2.52. The number of benzene rings is 2. The van der Waals surface area contributed by atoms with E-state index in [0.717, 1.165) is 17.5 Å². The molecule has 2 aromatic carbocycles. The average molecular weight is 387 g/mol. The number of fused-ring (bicyclic) bond motifs is 1. The van der Waals surface area contributed by atoms with Crippen LogP contribution in [0, 0.1) is 12.8 Å². The van der Waals surface area contributed by atoms with E-state index >= 15 is 0 Å². The molecule has 1 aliphatic rings. The molecule has 144 valence electrons. The molecule has 2 aromatic rings. The highest BCUT2D eigenvalue weighted by Crippen LogP contribution is 2.21. The van der Waals surface area contributed by atoms with Crippen molar-refractivity contribution in [1.29, 1.82) is 0 Å². The van der Waals surface area contributed by atoms with E-state index in [2.05, 4.69) is 10.8 Å². The summed E-state index contributed by atoms with van der Waals surface area (Å²) in [5.41, 5.74) is 3.36. The second-order valence-corrected chi connectivity index (χ2v) is 9.15. The predicted molar refractivity (Wildman–Crippen MR) is 106 cm³/mol. The van der Waals surface area contributed by atoms with E-state index in [4.69, 9.17) is 0 Å². The summed E-state index contributed by atoms with van der Waals surface area (Å²) in [5, 5.41) is 0. The summed E-state index contributed by atoms with van der Waals surface area (Å²) in [7, 11) is -3.76. The second kappa shape index (κ2) is 7.82. The maximum absolute atomic E-state index is 13.1. The first kappa shape index (κ1) is 19.6. The maximum Gasteiger partial charge on any atom is 0.241 e. The van der Waals surface area contributed by atoms with Crippen LogP contribution in [0.25, 0.3) is 0 Å². The van der Waals surface area contributed by atoms with Gasteiger partial charge in [0.05, 0.1) is 4.90 Å². The van der Waals surface area contributed by atoms with Crippen LogP contribution in [0.1, 0.15) is 30.5 Å². The molecule has 5 nitrogen and oxygen atoms in total. The van der Waals surface area contributed by atoms with Crippen LogP contribution in [0.4, 0.5) is 0 Å². The number of rotatable bonds is 5. The second-order valence-electron chi connectivity index (χ2n) is 7.43. The maximum atomic E-state index is 13.1. The van der Waals surface area contributed by atoms with E-state index in [9.17, 15) is 13.2 Å². The number of hydrogen-bond donors (Lipinski definition) is 1. The number of amides is 1. The minimum atomic E-state index is -3.76. The molecule has 27 heavy (non-hydrogen) atoms. The van der Waals surface area contributed by atoms with Gasteiger partial charge in [0.2, 0.25) is 15.9 Å². The van der Waals surface area contributed by atoms with E-state index in [1.807, 2.05) is 39.0 Å². The summed E-state index contributed by atoms with van der Waals surface area (Å²) in [5.74, 6) is -0.329. The van der Waals surface area contributed by atoms with Gasteiger partial charge in [0, 0.05) is 13.1 Å². The SMILES string of the molecule is Cc1ccc(S(=O)(=O)N[C@@H](C(=O)N2CCc3ccccc3C2)C(C)C)cc1. The molecule has 1 aliphatic heterocycles. The summed E-state index contributed by atoms with van der Waals surface area (Å²) in [6.07, 6.45) is 0.789. The molecule has 0 saturated carbocycles. The lowest BCUT2D eigenvalue weighted by Gasteiger charge is -2.33. The zero-order valence-corrected chi connectivity index (χ0v) is 16.8. The molecule has 0 fully saturated rings. The van der Waals surface area contributed by atoms with Crippen molar-refractivity contribution in [2.45, 2.75) is 44.7 Å². The summed E-state index contributed by atoms with van der Waals surface area (Å²) in [6, 6.07) is 13.9. The van der Waals surface area contributed by atoms with E-state index in [1.54, 1.807) is 29.2 Å². The van der Waals surface area contributed by atoms with Gasteiger partial charge < -0.3 is 4.90 Å². The third kappa shape index (κ3) is 4.39. The molecule has 0 spiro atoms. The fourth-order valence-electron chi connectivity index (χ4n) is 3.30. The molecular weight excluding hydrogens is 360 g/mol. The van der Waals surface area contributed by atoms with Gasteiger partial charge in [0.1, 0.15) is 6.04 Å². The van der Waals surface area contributed by atoms with Crippen molar-refractivity contribution in [3.63, 3.8) is 0 Å². The van der Waals surface area contributed by atoms with Crippen LogP contribution in [-0.4, -0.2) is 31.8 Å². The number of sulfonamides is 1. The molecule has 0 aliphatic carbocycles. The first-order valence-electron chi connectivity index (χ1n) is 9.22. The van der Waals surface area contributed by atoms with Gasteiger partial charge in [-0.05, 0) is 42.5 Å². The first-order chi connectivity index (χ1) is 12.8. The normalized spacial score (nSPS) is 15.5. The summed E-state index contributed by atoms with van der Waals surface area (Å²) < 4.78 is 28.2. The fourth-order valence-corrected chi connectivity index (χ4v) is 4.64. The number of hydrogen-bond acceptors (Lipinski definition) is 3. The molecule has 0 saturated heterocycles. The highest BCUT2D eigenvalue weighted by atomic mass is 32.2. The van der Waals surface area contributed by atoms with Crippen LogP contribution >= 0.6 is 0 Å². The molecule has 0 radical (unpaired) electrons. The van der Waals surface area contributed by atoms with Crippen LogP contribution in [-0.2, 0) is 27.8 Å². The van der Waals surface area contributed by atoms with Crippen LogP contribution < -0.4 is 4.72 Å². The van der Waals surface area contributed by atoms with Gasteiger partial charge in [-0.25, -0.2) is 8.42 Å². The van der Waals surface area contributed by atoms with E-state index < -0.39 is 16.1 Å². The van der Waals surface area contributed by atoms with Crippen molar-refractivity contribution in [1.82, 2.24) is 9.62 Å². The molecule has 6 heteroatoms. The molecule has 0 unspecified atom stereocenters. The van der Waals surface area contributed by atoms with Crippen LogP contribution in [0.15, 0.2) is 53.4 Å². The number of carbonyl (C=O) groups excluding carboxylic acids is 1. The van der Waals surface area contributed by atoms with Crippen molar-refractivity contribution < 1.29 is 13.2 Å². The lowest BCUT2D eigenvalue weighted by molar-refractivity contribution is -0.135. The standard InChI is InChI=1S/C21H26N2O3S/c1-15(2)20(22-27(25,26)19-10-8-16(3)9-11-19)21(24)23-13-12-17-6-4-5-7-18(17)14-23/h4-11,15,20,22H,12-14H2,1-3H3/t20-/m1/s1. The Hall–Kier alpha value is -2.18. The Bertz CT molecular complexity index is 921. The Labute approximate surface area is 161 Å². The Morgan fingerprint density at radius 2 is 1.67 bits per heavy atom. The van der Waals surface area contributed by atoms with E-state index in [-0.39, 0.29) is 16.7 Å². The molecule has 1 heterocycles. The minimum Gasteiger partial charge on any atom is -0.337 e. The highest BCUT2D eigenvalue weighted by molar-refractivity contribution is 7.89. The summed E-state index contributed by atoms with van der Waals surface area (Å²) >= 11 is 0. The van der Waals surface area contributed by atoms with Crippen molar-refractivity contribution in [2.24, 2.45) is 5.92 Å². The van der Waals surface area contributed by atoms with Gasteiger partial charge in [-0.15, -0.1) is 0 Å². The monoisotopic (exact) mass is 386 g/mol. The fraction of sp³-hybridized carbons (Fsp3) is 0.381. The Kier molecular flexibility index (Phi) is 5.67. The third-order valence-corrected chi connectivity index (χ3v) is 6.45. The Morgan fingerprint density at radius 1 is 1.04 bits per heavy atom. The van der Waals surface area contributed by atoms with Gasteiger partial charge in [-0.3, -0.25) is 4.79 Å². The first-order valence-corrected chi connectivity index (χ1v) is 10.7. The molecular formula is C21H26N2O3S.